The second-order valence-corrected chi connectivity index (χ2v) is 8.38. The molecule has 0 spiro atoms. The molecule has 4 rings (SSSR count). The molecule has 0 saturated carbocycles. The fraction of sp³-hybridized carbons (Fsp3) is 0.348. The topological polar surface area (TPSA) is 49.3 Å². The number of hydrogen-bond donors (Lipinski definition) is 0. The van der Waals surface area contributed by atoms with Gasteiger partial charge in [-0.1, -0.05) is 36.4 Å². The van der Waals surface area contributed by atoms with Crippen molar-refractivity contribution in [1.82, 2.24) is 14.9 Å². The van der Waals surface area contributed by atoms with Crippen molar-refractivity contribution >= 4 is 23.1 Å². The zero-order valence-electron chi connectivity index (χ0n) is 17.0. The highest BCUT2D eigenvalue weighted by atomic mass is 32.1. The Morgan fingerprint density at radius 1 is 1.00 bits per heavy atom. The smallest absolute Gasteiger partial charge is 0.263 e. The molecule has 2 aromatic heterocycles. The molecular formula is C23H26N4OS. The first-order valence-corrected chi connectivity index (χ1v) is 11.0. The number of carbonyl (C=O) groups excluding carboxylic acids is 1. The van der Waals surface area contributed by atoms with Crippen LogP contribution in [-0.2, 0) is 6.42 Å². The molecule has 0 bridgehead atoms. The quantitative estimate of drug-likeness (QED) is 0.655. The summed E-state index contributed by atoms with van der Waals surface area (Å²) in [5, 5.41) is 1.96. The molecule has 3 aromatic rings. The first kappa shape index (κ1) is 19.6. The number of thiophene rings is 1. The Labute approximate surface area is 176 Å². The number of benzene rings is 1. The van der Waals surface area contributed by atoms with Crippen molar-refractivity contribution in [2.24, 2.45) is 0 Å². The molecule has 0 aliphatic carbocycles. The number of rotatable bonds is 4. The van der Waals surface area contributed by atoms with E-state index in [-0.39, 0.29) is 5.91 Å². The first-order chi connectivity index (χ1) is 14.1. The lowest BCUT2D eigenvalue weighted by atomic mass is 10.0. The minimum absolute atomic E-state index is 0.140. The van der Waals surface area contributed by atoms with Crippen molar-refractivity contribution in [1.29, 1.82) is 0 Å². The van der Waals surface area contributed by atoms with Crippen LogP contribution in [0.1, 0.15) is 38.7 Å². The summed E-state index contributed by atoms with van der Waals surface area (Å²) < 4.78 is 0. The van der Waals surface area contributed by atoms with Gasteiger partial charge in [-0.3, -0.25) is 4.79 Å². The summed E-state index contributed by atoms with van der Waals surface area (Å²) >= 11 is 1.51. The van der Waals surface area contributed by atoms with Gasteiger partial charge in [-0.05, 0) is 37.3 Å². The molecular weight excluding hydrogens is 380 g/mol. The summed E-state index contributed by atoms with van der Waals surface area (Å²) in [6.07, 6.45) is 1.75. The lowest BCUT2D eigenvalue weighted by Crippen LogP contribution is -2.35. The van der Waals surface area contributed by atoms with E-state index in [4.69, 9.17) is 4.98 Å². The SMILES string of the molecule is Cc1nc(C)c(Cc2ccccc2)c(N2CCCN(C(=O)c3cccs3)CC2)n1. The molecule has 29 heavy (non-hydrogen) atoms. The molecule has 1 aromatic carbocycles. The van der Waals surface area contributed by atoms with Crippen molar-refractivity contribution in [3.05, 3.63) is 75.4 Å². The van der Waals surface area contributed by atoms with Crippen LogP contribution in [0.5, 0.6) is 0 Å². The monoisotopic (exact) mass is 406 g/mol. The largest absolute Gasteiger partial charge is 0.354 e. The van der Waals surface area contributed by atoms with Gasteiger partial charge in [0.15, 0.2) is 0 Å². The van der Waals surface area contributed by atoms with E-state index in [0.29, 0.717) is 6.54 Å². The van der Waals surface area contributed by atoms with Gasteiger partial charge in [0.05, 0.1) is 4.88 Å². The second kappa shape index (κ2) is 8.74. The van der Waals surface area contributed by atoms with Crippen LogP contribution in [0.2, 0.25) is 0 Å². The van der Waals surface area contributed by atoms with Gasteiger partial charge in [0, 0.05) is 43.9 Å². The van der Waals surface area contributed by atoms with Crippen LogP contribution in [0.25, 0.3) is 0 Å². The molecule has 1 amide bonds. The number of aromatic nitrogens is 2. The molecule has 150 valence electrons. The van der Waals surface area contributed by atoms with E-state index >= 15 is 0 Å². The predicted octanol–water partition coefficient (Wildman–Crippen LogP) is 4.10. The van der Waals surface area contributed by atoms with Gasteiger partial charge in [0.2, 0.25) is 0 Å². The van der Waals surface area contributed by atoms with Crippen LogP contribution in [0, 0.1) is 13.8 Å². The normalized spacial score (nSPS) is 14.7. The maximum absolute atomic E-state index is 12.8. The van der Waals surface area contributed by atoms with Gasteiger partial charge < -0.3 is 9.80 Å². The molecule has 6 heteroatoms. The fourth-order valence-corrected chi connectivity index (χ4v) is 4.57. The van der Waals surface area contributed by atoms with Crippen molar-refractivity contribution in [3.8, 4) is 0 Å². The van der Waals surface area contributed by atoms with Crippen molar-refractivity contribution in [2.75, 3.05) is 31.1 Å². The average molecular weight is 407 g/mol. The zero-order valence-corrected chi connectivity index (χ0v) is 17.8. The summed E-state index contributed by atoms with van der Waals surface area (Å²) in [7, 11) is 0. The summed E-state index contributed by atoms with van der Waals surface area (Å²) in [6.45, 7) is 7.20. The maximum Gasteiger partial charge on any atom is 0.263 e. The summed E-state index contributed by atoms with van der Waals surface area (Å²) in [5.74, 6) is 1.95. The highest BCUT2D eigenvalue weighted by Crippen LogP contribution is 2.25. The van der Waals surface area contributed by atoms with Crippen LogP contribution in [0.15, 0.2) is 47.8 Å². The molecule has 1 aliphatic heterocycles. The number of carbonyl (C=O) groups is 1. The molecule has 1 fully saturated rings. The lowest BCUT2D eigenvalue weighted by Gasteiger charge is -2.26. The third-order valence-corrected chi connectivity index (χ3v) is 6.20. The van der Waals surface area contributed by atoms with E-state index in [2.05, 4.69) is 41.1 Å². The van der Waals surface area contributed by atoms with E-state index in [9.17, 15) is 4.79 Å². The number of anilines is 1. The Bertz CT molecular complexity index is 972. The molecule has 5 nitrogen and oxygen atoms in total. The van der Waals surface area contributed by atoms with E-state index in [1.54, 1.807) is 0 Å². The molecule has 0 atom stereocenters. The average Bonchev–Trinajstić information content (AvgIpc) is 3.15. The Kier molecular flexibility index (Phi) is 5.90. The van der Waals surface area contributed by atoms with Gasteiger partial charge in [-0.15, -0.1) is 11.3 Å². The third kappa shape index (κ3) is 4.48. The number of amides is 1. The molecule has 0 unspecified atom stereocenters. The standard InChI is InChI=1S/C23H26N4OS/c1-17-20(16-19-8-4-3-5-9-19)22(25-18(2)24-17)26-11-7-12-27(14-13-26)23(28)21-10-6-15-29-21/h3-6,8-10,15H,7,11-14,16H2,1-2H3. The molecule has 0 N–H and O–H groups in total. The Hall–Kier alpha value is -2.73. The van der Waals surface area contributed by atoms with E-state index in [1.807, 2.05) is 35.4 Å². The van der Waals surface area contributed by atoms with Crippen LogP contribution >= 0.6 is 11.3 Å². The fourth-order valence-electron chi connectivity index (χ4n) is 3.87. The Morgan fingerprint density at radius 3 is 2.59 bits per heavy atom. The summed E-state index contributed by atoms with van der Waals surface area (Å²) in [4.78, 5) is 27.3. The minimum atomic E-state index is 0.140. The zero-order chi connectivity index (χ0) is 20.2. The first-order valence-electron chi connectivity index (χ1n) is 10.1. The van der Waals surface area contributed by atoms with Crippen molar-refractivity contribution in [2.45, 2.75) is 26.7 Å². The van der Waals surface area contributed by atoms with Gasteiger partial charge >= 0.3 is 0 Å². The number of aryl methyl sites for hydroxylation is 2. The van der Waals surface area contributed by atoms with E-state index in [0.717, 1.165) is 54.7 Å². The highest BCUT2D eigenvalue weighted by Gasteiger charge is 2.24. The van der Waals surface area contributed by atoms with Crippen LogP contribution in [0.3, 0.4) is 0 Å². The molecule has 0 radical (unpaired) electrons. The molecule has 1 saturated heterocycles. The van der Waals surface area contributed by atoms with Crippen LogP contribution in [-0.4, -0.2) is 47.0 Å². The number of hydrogen-bond acceptors (Lipinski definition) is 5. The molecule has 1 aliphatic rings. The van der Waals surface area contributed by atoms with E-state index < -0.39 is 0 Å². The van der Waals surface area contributed by atoms with Crippen molar-refractivity contribution in [3.63, 3.8) is 0 Å². The molecule has 3 heterocycles. The second-order valence-electron chi connectivity index (χ2n) is 7.43. The lowest BCUT2D eigenvalue weighted by molar-refractivity contribution is 0.0772. The predicted molar refractivity (Wildman–Crippen MR) is 118 cm³/mol. The van der Waals surface area contributed by atoms with Crippen LogP contribution in [0.4, 0.5) is 5.82 Å². The Balaban J connectivity index is 1.57. The van der Waals surface area contributed by atoms with Crippen molar-refractivity contribution < 1.29 is 4.79 Å². The minimum Gasteiger partial charge on any atom is -0.354 e. The Morgan fingerprint density at radius 2 is 1.83 bits per heavy atom. The summed E-state index contributed by atoms with van der Waals surface area (Å²) in [5.41, 5.74) is 3.47. The summed E-state index contributed by atoms with van der Waals surface area (Å²) in [6, 6.07) is 14.3. The highest BCUT2D eigenvalue weighted by molar-refractivity contribution is 7.12. The van der Waals surface area contributed by atoms with E-state index in [1.165, 1.54) is 22.5 Å². The third-order valence-electron chi connectivity index (χ3n) is 5.34. The van der Waals surface area contributed by atoms with Gasteiger partial charge in [-0.2, -0.15) is 0 Å². The van der Waals surface area contributed by atoms with Gasteiger partial charge in [-0.25, -0.2) is 9.97 Å². The van der Waals surface area contributed by atoms with Gasteiger partial charge in [0.25, 0.3) is 5.91 Å². The van der Waals surface area contributed by atoms with Crippen LogP contribution < -0.4 is 4.90 Å². The maximum atomic E-state index is 12.8. The van der Waals surface area contributed by atoms with Gasteiger partial charge in [0.1, 0.15) is 11.6 Å². The number of nitrogens with zero attached hydrogens (tertiary/aromatic N) is 4.